The van der Waals surface area contributed by atoms with Gasteiger partial charge in [0.1, 0.15) is 0 Å². The lowest BCUT2D eigenvalue weighted by Gasteiger charge is -2.20. The SMILES string of the molecule is N#Cc1ccccc1/C=C/C(=O)N(CCC(N)=O)Cc1ccccc1. The molecule has 2 aromatic rings. The number of rotatable bonds is 7. The minimum absolute atomic E-state index is 0.0984. The van der Waals surface area contributed by atoms with E-state index in [4.69, 9.17) is 11.0 Å². The third-order valence-corrected chi connectivity index (χ3v) is 3.64. The van der Waals surface area contributed by atoms with Gasteiger partial charge in [0.2, 0.25) is 11.8 Å². The second kappa shape index (κ2) is 9.04. The number of benzene rings is 2. The number of carbonyl (C=O) groups excluding carboxylic acids is 2. The van der Waals surface area contributed by atoms with Crippen molar-refractivity contribution in [2.45, 2.75) is 13.0 Å². The number of nitrogens with two attached hydrogens (primary N) is 1. The smallest absolute Gasteiger partial charge is 0.246 e. The van der Waals surface area contributed by atoms with Crippen LogP contribution in [0.25, 0.3) is 6.08 Å². The second-order valence-corrected chi connectivity index (χ2v) is 5.49. The quantitative estimate of drug-likeness (QED) is 0.790. The number of amides is 2. The van der Waals surface area contributed by atoms with Gasteiger partial charge in [0, 0.05) is 25.6 Å². The Hall–Kier alpha value is -3.39. The Morgan fingerprint density at radius 1 is 1.08 bits per heavy atom. The van der Waals surface area contributed by atoms with Gasteiger partial charge in [-0.1, -0.05) is 48.5 Å². The van der Waals surface area contributed by atoms with E-state index in [9.17, 15) is 9.59 Å². The van der Waals surface area contributed by atoms with Crippen molar-refractivity contribution in [3.63, 3.8) is 0 Å². The van der Waals surface area contributed by atoms with Crippen molar-refractivity contribution in [2.75, 3.05) is 6.54 Å². The minimum atomic E-state index is -0.454. The predicted molar refractivity (Wildman–Crippen MR) is 95.9 cm³/mol. The van der Waals surface area contributed by atoms with Gasteiger partial charge in [0.15, 0.2) is 0 Å². The Kier molecular flexibility index (Phi) is 6.49. The highest BCUT2D eigenvalue weighted by Crippen LogP contribution is 2.11. The van der Waals surface area contributed by atoms with Crippen LogP contribution in [0.15, 0.2) is 60.7 Å². The molecule has 0 atom stereocenters. The van der Waals surface area contributed by atoms with E-state index in [0.717, 1.165) is 5.56 Å². The Balaban J connectivity index is 2.15. The topological polar surface area (TPSA) is 87.2 Å². The summed E-state index contributed by atoms with van der Waals surface area (Å²) in [5.74, 6) is -0.692. The van der Waals surface area contributed by atoms with Gasteiger partial charge in [-0.3, -0.25) is 9.59 Å². The largest absolute Gasteiger partial charge is 0.370 e. The van der Waals surface area contributed by atoms with Crippen molar-refractivity contribution in [3.05, 3.63) is 77.4 Å². The summed E-state index contributed by atoms with van der Waals surface area (Å²) in [6.07, 6.45) is 3.13. The van der Waals surface area contributed by atoms with Gasteiger partial charge in [0.25, 0.3) is 0 Å². The molecule has 0 radical (unpaired) electrons. The summed E-state index contributed by atoms with van der Waals surface area (Å²) in [4.78, 5) is 25.2. The lowest BCUT2D eigenvalue weighted by atomic mass is 10.1. The average molecular weight is 333 g/mol. The van der Waals surface area contributed by atoms with Crippen LogP contribution in [0.1, 0.15) is 23.1 Å². The highest BCUT2D eigenvalue weighted by atomic mass is 16.2. The second-order valence-electron chi connectivity index (χ2n) is 5.49. The number of carbonyl (C=O) groups is 2. The molecule has 5 nitrogen and oxygen atoms in total. The fourth-order valence-electron chi connectivity index (χ4n) is 2.33. The van der Waals surface area contributed by atoms with E-state index in [2.05, 4.69) is 6.07 Å². The molecule has 0 bridgehead atoms. The maximum Gasteiger partial charge on any atom is 0.246 e. The molecular formula is C20H19N3O2. The molecule has 0 aliphatic carbocycles. The molecule has 0 spiro atoms. The zero-order chi connectivity index (χ0) is 18.1. The van der Waals surface area contributed by atoms with Crippen molar-refractivity contribution < 1.29 is 9.59 Å². The molecule has 0 aromatic heterocycles. The zero-order valence-corrected chi connectivity index (χ0v) is 13.8. The van der Waals surface area contributed by atoms with Crippen LogP contribution in [0.2, 0.25) is 0 Å². The van der Waals surface area contributed by atoms with Gasteiger partial charge in [-0.15, -0.1) is 0 Å². The summed E-state index contributed by atoms with van der Waals surface area (Å²) in [6.45, 7) is 0.629. The lowest BCUT2D eigenvalue weighted by Crippen LogP contribution is -2.32. The van der Waals surface area contributed by atoms with Crippen LogP contribution in [0, 0.1) is 11.3 Å². The highest BCUT2D eigenvalue weighted by Gasteiger charge is 2.12. The van der Waals surface area contributed by atoms with Gasteiger partial charge in [0.05, 0.1) is 11.6 Å². The minimum Gasteiger partial charge on any atom is -0.370 e. The number of primary amides is 1. The molecule has 0 aliphatic rings. The number of hydrogen-bond donors (Lipinski definition) is 1. The van der Waals surface area contributed by atoms with Gasteiger partial charge < -0.3 is 10.6 Å². The Morgan fingerprint density at radius 3 is 2.44 bits per heavy atom. The molecule has 0 unspecified atom stereocenters. The average Bonchev–Trinajstić information content (AvgIpc) is 2.64. The van der Waals surface area contributed by atoms with Crippen LogP contribution in [-0.4, -0.2) is 23.3 Å². The molecule has 0 heterocycles. The molecule has 2 rings (SSSR count). The summed E-state index contributed by atoms with van der Waals surface area (Å²) in [5.41, 5.74) is 7.34. The number of nitrogens with zero attached hydrogens (tertiary/aromatic N) is 2. The van der Waals surface area contributed by atoms with Gasteiger partial charge in [-0.25, -0.2) is 0 Å². The van der Waals surface area contributed by atoms with Gasteiger partial charge in [-0.05, 0) is 23.3 Å². The molecule has 0 saturated carbocycles. The summed E-state index contributed by atoms with van der Waals surface area (Å²) >= 11 is 0. The number of hydrogen-bond acceptors (Lipinski definition) is 3. The van der Waals surface area contributed by atoms with E-state index in [1.165, 1.54) is 6.08 Å². The predicted octanol–water partition coefficient (Wildman–Crippen LogP) is 2.48. The molecule has 0 fully saturated rings. The summed E-state index contributed by atoms with van der Waals surface area (Å²) < 4.78 is 0. The standard InChI is InChI=1S/C20H19N3O2/c21-14-18-9-5-4-8-17(18)10-11-20(25)23(13-12-19(22)24)15-16-6-2-1-3-7-16/h1-11H,12-13,15H2,(H2,22,24)/b11-10+. The van der Waals surface area contributed by atoms with Crippen molar-refractivity contribution in [2.24, 2.45) is 5.73 Å². The molecule has 2 N–H and O–H groups in total. The van der Waals surface area contributed by atoms with Gasteiger partial charge in [-0.2, -0.15) is 5.26 Å². The molecule has 2 aromatic carbocycles. The maximum atomic E-state index is 12.5. The Bertz CT molecular complexity index is 807. The molecular weight excluding hydrogens is 314 g/mol. The van der Waals surface area contributed by atoms with Crippen LogP contribution in [0.3, 0.4) is 0 Å². The highest BCUT2D eigenvalue weighted by molar-refractivity contribution is 5.92. The van der Waals surface area contributed by atoms with Crippen molar-refractivity contribution in [1.29, 1.82) is 5.26 Å². The summed E-state index contributed by atoms with van der Waals surface area (Å²) in [7, 11) is 0. The third kappa shape index (κ3) is 5.63. The van der Waals surface area contributed by atoms with Crippen LogP contribution < -0.4 is 5.73 Å². The summed E-state index contributed by atoms with van der Waals surface area (Å²) in [5, 5.41) is 9.10. The molecule has 0 aliphatic heterocycles. The molecule has 2 amide bonds. The van der Waals surface area contributed by atoms with Crippen molar-refractivity contribution in [1.82, 2.24) is 4.90 Å². The molecule has 5 heteroatoms. The van der Waals surface area contributed by atoms with E-state index in [-0.39, 0.29) is 18.9 Å². The normalized spacial score (nSPS) is 10.4. The monoisotopic (exact) mass is 333 g/mol. The molecule has 0 saturated heterocycles. The van der Waals surface area contributed by atoms with Crippen molar-refractivity contribution in [3.8, 4) is 6.07 Å². The zero-order valence-electron chi connectivity index (χ0n) is 13.8. The van der Waals surface area contributed by atoms with E-state index in [0.29, 0.717) is 17.7 Å². The van der Waals surface area contributed by atoms with Crippen LogP contribution in [-0.2, 0) is 16.1 Å². The first-order valence-electron chi connectivity index (χ1n) is 7.88. The third-order valence-electron chi connectivity index (χ3n) is 3.64. The first-order valence-corrected chi connectivity index (χ1v) is 7.88. The first kappa shape index (κ1) is 18.0. The molecule has 126 valence electrons. The van der Waals surface area contributed by atoms with E-state index in [1.807, 2.05) is 30.3 Å². The Morgan fingerprint density at radius 2 is 1.76 bits per heavy atom. The van der Waals surface area contributed by atoms with Crippen LogP contribution >= 0.6 is 0 Å². The molecule has 25 heavy (non-hydrogen) atoms. The van der Waals surface area contributed by atoms with Crippen LogP contribution in [0.4, 0.5) is 0 Å². The maximum absolute atomic E-state index is 12.5. The fourth-order valence-corrected chi connectivity index (χ4v) is 2.33. The number of nitriles is 1. The van der Waals surface area contributed by atoms with Gasteiger partial charge >= 0.3 is 0 Å². The van der Waals surface area contributed by atoms with E-state index >= 15 is 0 Å². The van der Waals surface area contributed by atoms with Crippen LogP contribution in [0.5, 0.6) is 0 Å². The Labute approximate surface area is 147 Å². The van der Waals surface area contributed by atoms with E-state index < -0.39 is 5.91 Å². The summed E-state index contributed by atoms with van der Waals surface area (Å²) in [6, 6.07) is 18.7. The lowest BCUT2D eigenvalue weighted by molar-refractivity contribution is -0.127. The fraction of sp³-hybridized carbons (Fsp3) is 0.150. The first-order chi connectivity index (χ1) is 12.1. The van der Waals surface area contributed by atoms with Crippen molar-refractivity contribution >= 4 is 17.9 Å². The van der Waals surface area contributed by atoms with E-state index in [1.54, 1.807) is 35.2 Å².